The SMILES string of the molecule is COC(=O)c1cc(N)ccc1NCc1ccc(Br)cc1. The molecule has 0 aliphatic rings. The van der Waals surface area contributed by atoms with Crippen LogP contribution in [-0.4, -0.2) is 13.1 Å². The molecule has 0 heterocycles. The summed E-state index contributed by atoms with van der Waals surface area (Å²) in [5.74, 6) is -0.407. The second-order valence-electron chi connectivity index (χ2n) is 4.28. The third-order valence-electron chi connectivity index (χ3n) is 2.85. The van der Waals surface area contributed by atoms with Gasteiger partial charge in [0.05, 0.1) is 12.7 Å². The summed E-state index contributed by atoms with van der Waals surface area (Å²) < 4.78 is 5.79. The summed E-state index contributed by atoms with van der Waals surface area (Å²) in [5.41, 5.74) is 8.48. The number of hydrogen-bond acceptors (Lipinski definition) is 4. The summed E-state index contributed by atoms with van der Waals surface area (Å²) in [5, 5.41) is 3.22. The molecule has 0 saturated carbocycles. The minimum atomic E-state index is -0.407. The van der Waals surface area contributed by atoms with Gasteiger partial charge >= 0.3 is 5.97 Å². The first-order valence-electron chi connectivity index (χ1n) is 6.06. The van der Waals surface area contributed by atoms with Gasteiger partial charge in [-0.05, 0) is 35.9 Å². The second-order valence-corrected chi connectivity index (χ2v) is 5.19. The Morgan fingerprint density at radius 3 is 2.60 bits per heavy atom. The number of esters is 1. The van der Waals surface area contributed by atoms with Gasteiger partial charge in [0, 0.05) is 22.4 Å². The highest BCUT2D eigenvalue weighted by Crippen LogP contribution is 2.21. The average molecular weight is 335 g/mol. The molecule has 2 aromatic rings. The number of carbonyl (C=O) groups excluding carboxylic acids is 1. The van der Waals surface area contributed by atoms with Crippen LogP contribution < -0.4 is 11.1 Å². The van der Waals surface area contributed by atoms with Gasteiger partial charge in [-0.15, -0.1) is 0 Å². The Morgan fingerprint density at radius 2 is 1.95 bits per heavy atom. The molecule has 5 heteroatoms. The van der Waals surface area contributed by atoms with Crippen molar-refractivity contribution in [2.45, 2.75) is 6.54 Å². The van der Waals surface area contributed by atoms with Crippen molar-refractivity contribution in [3.8, 4) is 0 Å². The monoisotopic (exact) mass is 334 g/mol. The van der Waals surface area contributed by atoms with E-state index in [0.717, 1.165) is 10.0 Å². The van der Waals surface area contributed by atoms with Crippen LogP contribution in [0.2, 0.25) is 0 Å². The van der Waals surface area contributed by atoms with Crippen molar-refractivity contribution >= 4 is 33.3 Å². The maximum Gasteiger partial charge on any atom is 0.340 e. The molecule has 0 fully saturated rings. The second kappa shape index (κ2) is 6.43. The number of benzene rings is 2. The molecule has 0 atom stereocenters. The van der Waals surface area contributed by atoms with Gasteiger partial charge in [-0.25, -0.2) is 4.79 Å². The van der Waals surface area contributed by atoms with Crippen LogP contribution in [-0.2, 0) is 11.3 Å². The molecule has 0 saturated heterocycles. The fourth-order valence-electron chi connectivity index (χ4n) is 1.79. The van der Waals surface area contributed by atoms with E-state index >= 15 is 0 Å². The number of carbonyl (C=O) groups is 1. The lowest BCUT2D eigenvalue weighted by Crippen LogP contribution is -2.09. The lowest BCUT2D eigenvalue weighted by Gasteiger charge is -2.11. The molecule has 104 valence electrons. The average Bonchev–Trinajstić information content (AvgIpc) is 2.46. The van der Waals surface area contributed by atoms with Crippen molar-refractivity contribution in [2.24, 2.45) is 0 Å². The number of ether oxygens (including phenoxy) is 1. The van der Waals surface area contributed by atoms with Gasteiger partial charge < -0.3 is 15.8 Å². The van der Waals surface area contributed by atoms with Crippen LogP contribution in [0.15, 0.2) is 46.9 Å². The zero-order chi connectivity index (χ0) is 14.5. The van der Waals surface area contributed by atoms with Crippen molar-refractivity contribution in [3.05, 3.63) is 58.1 Å². The topological polar surface area (TPSA) is 64.3 Å². The third-order valence-corrected chi connectivity index (χ3v) is 3.37. The largest absolute Gasteiger partial charge is 0.465 e. The van der Waals surface area contributed by atoms with Gasteiger partial charge in [0.2, 0.25) is 0 Å². The molecule has 0 aliphatic carbocycles. The predicted molar refractivity (Wildman–Crippen MR) is 83.7 cm³/mol. The van der Waals surface area contributed by atoms with Gasteiger partial charge in [0.15, 0.2) is 0 Å². The molecule has 0 spiro atoms. The Bertz CT molecular complexity index is 612. The normalized spacial score (nSPS) is 10.1. The quantitative estimate of drug-likeness (QED) is 0.664. The molecule has 0 aromatic heterocycles. The van der Waals surface area contributed by atoms with Gasteiger partial charge in [-0.3, -0.25) is 0 Å². The molecule has 20 heavy (non-hydrogen) atoms. The van der Waals surface area contributed by atoms with Crippen LogP contribution in [0.5, 0.6) is 0 Å². The molecule has 3 N–H and O–H groups in total. The number of nitrogens with two attached hydrogens (primary N) is 1. The van der Waals surface area contributed by atoms with Crippen molar-refractivity contribution in [2.75, 3.05) is 18.2 Å². The molecular formula is C15H15BrN2O2. The van der Waals surface area contributed by atoms with E-state index in [1.807, 2.05) is 24.3 Å². The smallest absolute Gasteiger partial charge is 0.340 e. The molecular weight excluding hydrogens is 320 g/mol. The Labute approximate surface area is 126 Å². The van der Waals surface area contributed by atoms with Crippen LogP contribution in [0.1, 0.15) is 15.9 Å². The highest BCUT2D eigenvalue weighted by Gasteiger charge is 2.12. The first-order chi connectivity index (χ1) is 9.60. The first kappa shape index (κ1) is 14.4. The predicted octanol–water partition coefficient (Wildman–Crippen LogP) is 3.43. The fraction of sp³-hybridized carbons (Fsp3) is 0.133. The van der Waals surface area contributed by atoms with E-state index in [4.69, 9.17) is 10.5 Å². The summed E-state index contributed by atoms with van der Waals surface area (Å²) in [6, 6.07) is 13.1. The molecule has 0 radical (unpaired) electrons. The van der Waals surface area contributed by atoms with E-state index in [1.54, 1.807) is 18.2 Å². The number of halogens is 1. The van der Waals surface area contributed by atoms with Crippen molar-refractivity contribution in [3.63, 3.8) is 0 Å². The minimum Gasteiger partial charge on any atom is -0.465 e. The number of anilines is 2. The van der Waals surface area contributed by atoms with Crippen molar-refractivity contribution in [1.82, 2.24) is 0 Å². The molecule has 0 unspecified atom stereocenters. The molecule has 2 aromatic carbocycles. The van der Waals surface area contributed by atoms with Crippen molar-refractivity contribution in [1.29, 1.82) is 0 Å². The van der Waals surface area contributed by atoms with Crippen LogP contribution >= 0.6 is 15.9 Å². The van der Waals surface area contributed by atoms with Crippen LogP contribution in [0.4, 0.5) is 11.4 Å². The summed E-state index contributed by atoms with van der Waals surface area (Å²) in [6.45, 7) is 0.612. The highest BCUT2D eigenvalue weighted by atomic mass is 79.9. The number of nitrogens with one attached hydrogen (secondary N) is 1. The Balaban J connectivity index is 2.16. The van der Waals surface area contributed by atoms with Crippen molar-refractivity contribution < 1.29 is 9.53 Å². The van der Waals surface area contributed by atoms with E-state index in [2.05, 4.69) is 21.2 Å². The summed E-state index contributed by atoms with van der Waals surface area (Å²) in [4.78, 5) is 11.7. The lowest BCUT2D eigenvalue weighted by molar-refractivity contribution is 0.0602. The van der Waals surface area contributed by atoms with E-state index in [0.29, 0.717) is 23.5 Å². The fourth-order valence-corrected chi connectivity index (χ4v) is 2.06. The molecule has 0 bridgehead atoms. The number of methoxy groups -OCH3 is 1. The summed E-state index contributed by atoms with van der Waals surface area (Å²) in [7, 11) is 1.35. The van der Waals surface area contributed by atoms with Crippen LogP contribution in [0.25, 0.3) is 0 Å². The summed E-state index contributed by atoms with van der Waals surface area (Å²) >= 11 is 3.39. The Kier molecular flexibility index (Phi) is 4.63. The van der Waals surface area contributed by atoms with E-state index in [9.17, 15) is 4.79 Å². The van der Waals surface area contributed by atoms with Gasteiger partial charge in [-0.1, -0.05) is 28.1 Å². The van der Waals surface area contributed by atoms with E-state index in [1.165, 1.54) is 7.11 Å². The number of hydrogen-bond donors (Lipinski definition) is 2. The van der Waals surface area contributed by atoms with Crippen LogP contribution in [0, 0.1) is 0 Å². The molecule has 0 aliphatic heterocycles. The maximum absolute atomic E-state index is 11.7. The molecule has 0 amide bonds. The highest BCUT2D eigenvalue weighted by molar-refractivity contribution is 9.10. The first-order valence-corrected chi connectivity index (χ1v) is 6.85. The lowest BCUT2D eigenvalue weighted by atomic mass is 10.1. The van der Waals surface area contributed by atoms with Crippen LogP contribution in [0.3, 0.4) is 0 Å². The van der Waals surface area contributed by atoms with Gasteiger partial charge in [0.25, 0.3) is 0 Å². The maximum atomic E-state index is 11.7. The standard InChI is InChI=1S/C15H15BrN2O2/c1-20-15(19)13-8-12(17)6-7-14(13)18-9-10-2-4-11(16)5-3-10/h2-8,18H,9,17H2,1H3. The third kappa shape index (κ3) is 3.51. The van der Waals surface area contributed by atoms with E-state index < -0.39 is 5.97 Å². The van der Waals surface area contributed by atoms with E-state index in [-0.39, 0.29) is 0 Å². The Hall–Kier alpha value is -2.01. The molecule has 2 rings (SSSR count). The van der Waals surface area contributed by atoms with Gasteiger partial charge in [-0.2, -0.15) is 0 Å². The molecule has 4 nitrogen and oxygen atoms in total. The Morgan fingerprint density at radius 1 is 1.25 bits per heavy atom. The zero-order valence-electron chi connectivity index (χ0n) is 11.0. The minimum absolute atomic E-state index is 0.407. The summed E-state index contributed by atoms with van der Waals surface area (Å²) in [6.07, 6.45) is 0. The number of rotatable bonds is 4. The zero-order valence-corrected chi connectivity index (χ0v) is 12.6. The number of nitrogen functional groups attached to an aromatic ring is 1. The van der Waals surface area contributed by atoms with Gasteiger partial charge in [0.1, 0.15) is 0 Å².